The lowest BCUT2D eigenvalue weighted by atomic mass is 10.00. The van der Waals surface area contributed by atoms with Gasteiger partial charge in [0.25, 0.3) is 0 Å². The van der Waals surface area contributed by atoms with Crippen molar-refractivity contribution in [3.63, 3.8) is 0 Å². The van der Waals surface area contributed by atoms with Crippen LogP contribution in [0.2, 0.25) is 0 Å². The highest BCUT2D eigenvalue weighted by Gasteiger charge is 2.12. The maximum Gasteiger partial charge on any atom is 0.119 e. The standard InChI is InChI=1S/C16H21NOS/c1-3-8-17-16(10-13-7-9-19-12-13)14-5-4-6-15(11-14)18-2/h4-7,9,11-12,16-17H,3,8,10H2,1-2H3. The van der Waals surface area contributed by atoms with Crippen molar-refractivity contribution in [2.45, 2.75) is 25.8 Å². The zero-order chi connectivity index (χ0) is 13.5. The van der Waals surface area contributed by atoms with Crippen LogP contribution in [0.15, 0.2) is 41.1 Å². The first-order valence-electron chi connectivity index (χ1n) is 6.72. The lowest BCUT2D eigenvalue weighted by molar-refractivity contribution is 0.412. The predicted octanol–water partition coefficient (Wildman–Crippen LogP) is 4.04. The number of benzene rings is 1. The lowest BCUT2D eigenvalue weighted by Crippen LogP contribution is -2.24. The van der Waals surface area contributed by atoms with E-state index in [1.165, 1.54) is 11.1 Å². The van der Waals surface area contributed by atoms with Crippen molar-refractivity contribution in [1.82, 2.24) is 5.32 Å². The van der Waals surface area contributed by atoms with E-state index in [4.69, 9.17) is 4.74 Å². The molecule has 0 saturated carbocycles. The van der Waals surface area contributed by atoms with E-state index in [9.17, 15) is 0 Å². The molecule has 0 spiro atoms. The average molecular weight is 275 g/mol. The van der Waals surface area contributed by atoms with E-state index in [2.05, 4.69) is 47.3 Å². The van der Waals surface area contributed by atoms with Crippen molar-refractivity contribution in [1.29, 1.82) is 0 Å². The fourth-order valence-corrected chi connectivity index (χ4v) is 2.81. The lowest BCUT2D eigenvalue weighted by Gasteiger charge is -2.19. The van der Waals surface area contributed by atoms with Crippen LogP contribution in [0.4, 0.5) is 0 Å². The molecular formula is C16H21NOS. The molecule has 2 nitrogen and oxygen atoms in total. The minimum Gasteiger partial charge on any atom is -0.497 e. The SMILES string of the molecule is CCCNC(Cc1ccsc1)c1cccc(OC)c1. The van der Waals surface area contributed by atoms with E-state index in [0.717, 1.165) is 25.1 Å². The first kappa shape index (κ1) is 14.1. The Morgan fingerprint density at radius 2 is 2.21 bits per heavy atom. The van der Waals surface area contributed by atoms with Gasteiger partial charge in [0.2, 0.25) is 0 Å². The molecule has 0 aliphatic rings. The number of hydrogen-bond acceptors (Lipinski definition) is 3. The van der Waals surface area contributed by atoms with Crippen LogP contribution in [0, 0.1) is 0 Å². The van der Waals surface area contributed by atoms with Crippen molar-refractivity contribution in [3.8, 4) is 5.75 Å². The molecule has 0 bridgehead atoms. The van der Waals surface area contributed by atoms with Gasteiger partial charge < -0.3 is 10.1 Å². The Bertz CT molecular complexity index is 481. The molecule has 102 valence electrons. The van der Waals surface area contributed by atoms with Crippen LogP contribution < -0.4 is 10.1 Å². The normalized spacial score (nSPS) is 12.3. The highest BCUT2D eigenvalue weighted by Crippen LogP contribution is 2.23. The summed E-state index contributed by atoms with van der Waals surface area (Å²) in [5, 5.41) is 7.98. The Kier molecular flexibility index (Phi) is 5.43. The molecule has 1 atom stereocenters. The molecule has 1 aromatic heterocycles. The molecule has 2 rings (SSSR count). The zero-order valence-electron chi connectivity index (χ0n) is 11.6. The largest absolute Gasteiger partial charge is 0.497 e. The van der Waals surface area contributed by atoms with E-state index in [0.29, 0.717) is 6.04 Å². The molecule has 0 aliphatic carbocycles. The monoisotopic (exact) mass is 275 g/mol. The van der Waals surface area contributed by atoms with E-state index in [1.807, 2.05) is 6.07 Å². The summed E-state index contributed by atoms with van der Waals surface area (Å²) in [7, 11) is 1.71. The number of methoxy groups -OCH3 is 1. The molecule has 0 radical (unpaired) electrons. The molecule has 1 heterocycles. The van der Waals surface area contributed by atoms with Gasteiger partial charge in [0, 0.05) is 6.04 Å². The fraction of sp³-hybridized carbons (Fsp3) is 0.375. The molecule has 1 aromatic carbocycles. The molecule has 0 fully saturated rings. The van der Waals surface area contributed by atoms with Gasteiger partial charge in [-0.05, 0) is 59.5 Å². The summed E-state index contributed by atoms with van der Waals surface area (Å²) in [5.41, 5.74) is 2.68. The Balaban J connectivity index is 2.15. The van der Waals surface area contributed by atoms with Gasteiger partial charge in [-0.25, -0.2) is 0 Å². The van der Waals surface area contributed by atoms with E-state index in [-0.39, 0.29) is 0 Å². The fourth-order valence-electron chi connectivity index (χ4n) is 2.13. The van der Waals surface area contributed by atoms with Crippen LogP contribution in [-0.2, 0) is 6.42 Å². The number of ether oxygens (including phenoxy) is 1. The van der Waals surface area contributed by atoms with Gasteiger partial charge in [-0.1, -0.05) is 19.1 Å². The molecule has 0 saturated heterocycles. The summed E-state index contributed by atoms with van der Waals surface area (Å²) in [6, 6.07) is 10.9. The van der Waals surface area contributed by atoms with Crippen molar-refractivity contribution < 1.29 is 4.74 Å². The minimum atomic E-state index is 0.352. The van der Waals surface area contributed by atoms with Gasteiger partial charge in [-0.3, -0.25) is 0 Å². The number of thiophene rings is 1. The van der Waals surface area contributed by atoms with Crippen LogP contribution in [0.1, 0.15) is 30.5 Å². The zero-order valence-corrected chi connectivity index (χ0v) is 12.4. The van der Waals surface area contributed by atoms with E-state index < -0.39 is 0 Å². The maximum atomic E-state index is 5.32. The van der Waals surface area contributed by atoms with Crippen LogP contribution in [0.3, 0.4) is 0 Å². The second-order valence-corrected chi connectivity index (χ2v) is 5.40. The smallest absolute Gasteiger partial charge is 0.119 e. The van der Waals surface area contributed by atoms with Crippen LogP contribution in [0.5, 0.6) is 5.75 Å². The molecular weight excluding hydrogens is 254 g/mol. The van der Waals surface area contributed by atoms with Gasteiger partial charge in [0.1, 0.15) is 5.75 Å². The number of hydrogen-bond donors (Lipinski definition) is 1. The van der Waals surface area contributed by atoms with Crippen molar-refractivity contribution >= 4 is 11.3 Å². The topological polar surface area (TPSA) is 21.3 Å². The van der Waals surface area contributed by atoms with Crippen LogP contribution in [-0.4, -0.2) is 13.7 Å². The number of nitrogens with one attached hydrogen (secondary N) is 1. The molecule has 1 N–H and O–H groups in total. The molecule has 1 unspecified atom stereocenters. The van der Waals surface area contributed by atoms with E-state index >= 15 is 0 Å². The van der Waals surface area contributed by atoms with Crippen molar-refractivity contribution in [2.75, 3.05) is 13.7 Å². The Morgan fingerprint density at radius 3 is 2.89 bits per heavy atom. The maximum absolute atomic E-state index is 5.32. The van der Waals surface area contributed by atoms with Gasteiger partial charge in [-0.2, -0.15) is 11.3 Å². The second kappa shape index (κ2) is 7.31. The second-order valence-electron chi connectivity index (χ2n) is 4.62. The first-order chi connectivity index (χ1) is 9.33. The predicted molar refractivity (Wildman–Crippen MR) is 82.1 cm³/mol. The summed E-state index contributed by atoms with van der Waals surface area (Å²) < 4.78 is 5.32. The molecule has 3 heteroatoms. The van der Waals surface area contributed by atoms with Crippen molar-refractivity contribution in [2.24, 2.45) is 0 Å². The van der Waals surface area contributed by atoms with Gasteiger partial charge >= 0.3 is 0 Å². The third-order valence-electron chi connectivity index (χ3n) is 3.16. The summed E-state index contributed by atoms with van der Waals surface area (Å²) in [4.78, 5) is 0. The molecule has 19 heavy (non-hydrogen) atoms. The Labute approximate surface area is 119 Å². The summed E-state index contributed by atoms with van der Waals surface area (Å²) in [5.74, 6) is 0.922. The third-order valence-corrected chi connectivity index (χ3v) is 3.89. The highest BCUT2D eigenvalue weighted by atomic mass is 32.1. The summed E-state index contributed by atoms with van der Waals surface area (Å²) in [6.07, 6.45) is 2.17. The highest BCUT2D eigenvalue weighted by molar-refractivity contribution is 7.07. The third kappa shape index (κ3) is 4.08. The van der Waals surface area contributed by atoms with Gasteiger partial charge in [0.15, 0.2) is 0 Å². The Hall–Kier alpha value is -1.32. The van der Waals surface area contributed by atoms with Gasteiger partial charge in [0.05, 0.1) is 7.11 Å². The van der Waals surface area contributed by atoms with Crippen LogP contribution in [0.25, 0.3) is 0 Å². The van der Waals surface area contributed by atoms with E-state index in [1.54, 1.807) is 18.4 Å². The molecule has 0 aliphatic heterocycles. The summed E-state index contributed by atoms with van der Waals surface area (Å²) in [6.45, 7) is 3.23. The van der Waals surface area contributed by atoms with Crippen LogP contribution >= 0.6 is 11.3 Å². The quantitative estimate of drug-likeness (QED) is 0.823. The summed E-state index contributed by atoms with van der Waals surface area (Å²) >= 11 is 1.76. The van der Waals surface area contributed by atoms with Crippen molar-refractivity contribution in [3.05, 3.63) is 52.2 Å². The average Bonchev–Trinajstić information content (AvgIpc) is 2.96. The first-order valence-corrected chi connectivity index (χ1v) is 7.66. The minimum absolute atomic E-state index is 0.352. The molecule has 2 aromatic rings. The molecule has 0 amide bonds. The number of rotatable bonds is 7. The Morgan fingerprint density at radius 1 is 1.32 bits per heavy atom. The van der Waals surface area contributed by atoms with Gasteiger partial charge in [-0.15, -0.1) is 0 Å².